The Morgan fingerprint density at radius 3 is 1.74 bits per heavy atom. The second-order valence-electron chi connectivity index (χ2n) is 9.73. The number of aliphatic hydroxyl groups is 1. The van der Waals surface area contributed by atoms with Gasteiger partial charge in [-0.3, -0.25) is 4.79 Å². The first-order chi connectivity index (χ1) is 18.5. The Morgan fingerprint density at radius 2 is 1.24 bits per heavy atom. The molecule has 3 aromatic carbocycles. The summed E-state index contributed by atoms with van der Waals surface area (Å²) in [5.74, 6) is -0.107. The normalized spacial score (nSPS) is 13.8. The molecule has 1 aromatic heterocycles. The number of aromatic nitrogens is 1. The smallest absolute Gasteiger partial charge is 0.272 e. The lowest BCUT2D eigenvalue weighted by Crippen LogP contribution is -2.35. The van der Waals surface area contributed by atoms with E-state index >= 15 is 0 Å². The van der Waals surface area contributed by atoms with Crippen molar-refractivity contribution in [1.82, 2.24) is 4.57 Å². The molecule has 1 aliphatic rings. The zero-order valence-electron chi connectivity index (χ0n) is 21.9. The number of rotatable bonds is 8. The van der Waals surface area contributed by atoms with Gasteiger partial charge in [0.25, 0.3) is 5.91 Å². The summed E-state index contributed by atoms with van der Waals surface area (Å²) >= 11 is 0. The van der Waals surface area contributed by atoms with E-state index in [1.807, 2.05) is 79.1 Å². The quantitative estimate of drug-likeness (QED) is 0.218. The zero-order valence-corrected chi connectivity index (χ0v) is 21.9. The van der Waals surface area contributed by atoms with Crippen LogP contribution in [0.1, 0.15) is 35.9 Å². The first-order valence-electron chi connectivity index (χ1n) is 13.2. The van der Waals surface area contributed by atoms with E-state index in [-0.39, 0.29) is 12.0 Å². The van der Waals surface area contributed by atoms with Crippen LogP contribution in [0.3, 0.4) is 0 Å². The maximum absolute atomic E-state index is 12.7. The molecule has 7 nitrogen and oxygen atoms in total. The van der Waals surface area contributed by atoms with Gasteiger partial charge in [-0.25, -0.2) is 0 Å². The number of hydrogen-bond acceptors (Lipinski definition) is 5. The van der Waals surface area contributed by atoms with E-state index in [4.69, 9.17) is 0 Å². The molecular weight excluding hydrogens is 474 g/mol. The van der Waals surface area contributed by atoms with Crippen LogP contribution < -0.4 is 20.9 Å². The predicted octanol–water partition coefficient (Wildman–Crippen LogP) is 6.52. The minimum atomic E-state index is -0.161. The minimum Gasteiger partial charge on any atom is -0.393 e. The summed E-state index contributed by atoms with van der Waals surface area (Å²) in [5, 5.41) is 19.6. The van der Waals surface area contributed by atoms with Crippen molar-refractivity contribution in [2.45, 2.75) is 39.3 Å². The van der Waals surface area contributed by atoms with E-state index in [0.29, 0.717) is 5.69 Å². The number of nitrogens with zero attached hydrogens (tertiary/aromatic N) is 2. The highest BCUT2D eigenvalue weighted by Crippen LogP contribution is 2.26. The molecule has 0 unspecified atom stereocenters. The molecule has 0 bridgehead atoms. The van der Waals surface area contributed by atoms with Crippen molar-refractivity contribution in [1.29, 1.82) is 0 Å². The number of hydrogen-bond donors (Lipinski definition) is 4. The van der Waals surface area contributed by atoms with Crippen molar-refractivity contribution in [3.63, 3.8) is 0 Å². The fourth-order valence-corrected chi connectivity index (χ4v) is 4.87. The average Bonchev–Trinajstić information content (AvgIpc) is 3.32. The van der Waals surface area contributed by atoms with Gasteiger partial charge in [0.05, 0.1) is 6.10 Å². The standard InChI is InChI=1S/C31H35N5O2/c1-3-36-22(2)4-17-30(36)31(38)34-27-11-9-25(10-12-27)32-23-5-7-24(8-6-23)33-26-13-15-28(16-14-26)35-20-18-29(37)19-21-35/h4-17,29,32-33,37H,3,18-21H2,1-2H3,(H,34,38). The lowest BCUT2D eigenvalue weighted by Gasteiger charge is -2.31. The van der Waals surface area contributed by atoms with E-state index in [9.17, 15) is 9.90 Å². The lowest BCUT2D eigenvalue weighted by molar-refractivity contribution is 0.101. The van der Waals surface area contributed by atoms with Crippen LogP contribution in [0.2, 0.25) is 0 Å². The number of aryl methyl sites for hydroxylation is 1. The number of anilines is 6. The fraction of sp³-hybridized carbons (Fsp3) is 0.258. The molecule has 0 aliphatic carbocycles. The predicted molar refractivity (Wildman–Crippen MR) is 156 cm³/mol. The third kappa shape index (κ3) is 6.01. The summed E-state index contributed by atoms with van der Waals surface area (Å²) < 4.78 is 2.00. The number of benzene rings is 3. The Labute approximate surface area is 224 Å². The van der Waals surface area contributed by atoms with Gasteiger partial charge in [0.1, 0.15) is 5.69 Å². The zero-order chi connectivity index (χ0) is 26.5. The van der Waals surface area contributed by atoms with Gasteiger partial charge < -0.3 is 30.5 Å². The highest BCUT2D eigenvalue weighted by molar-refractivity contribution is 6.03. The van der Waals surface area contributed by atoms with Crippen LogP contribution in [0.15, 0.2) is 84.9 Å². The highest BCUT2D eigenvalue weighted by atomic mass is 16.3. The molecule has 1 aliphatic heterocycles. The summed E-state index contributed by atoms with van der Waals surface area (Å²) in [6.45, 7) is 6.59. The van der Waals surface area contributed by atoms with Gasteiger partial charge in [-0.05, 0) is 112 Å². The number of carbonyl (C=O) groups is 1. The first-order valence-corrected chi connectivity index (χ1v) is 13.2. The topological polar surface area (TPSA) is 81.6 Å². The Morgan fingerprint density at radius 1 is 0.763 bits per heavy atom. The summed E-state index contributed by atoms with van der Waals surface area (Å²) in [5.41, 5.74) is 7.65. The molecule has 0 saturated carbocycles. The minimum absolute atomic E-state index is 0.107. The van der Waals surface area contributed by atoms with Crippen molar-refractivity contribution in [2.75, 3.05) is 33.9 Å². The van der Waals surface area contributed by atoms with Gasteiger partial charge in [0.2, 0.25) is 0 Å². The Kier molecular flexibility index (Phi) is 7.65. The number of carbonyl (C=O) groups excluding carboxylic acids is 1. The Balaban J connectivity index is 1.14. The summed E-state index contributed by atoms with van der Waals surface area (Å²) in [4.78, 5) is 15.0. The maximum atomic E-state index is 12.7. The number of piperidine rings is 1. The molecule has 4 N–H and O–H groups in total. The molecule has 1 amide bonds. The largest absolute Gasteiger partial charge is 0.393 e. The molecule has 38 heavy (non-hydrogen) atoms. The molecular formula is C31H35N5O2. The molecule has 0 radical (unpaired) electrons. The van der Waals surface area contributed by atoms with Crippen LogP contribution in [-0.2, 0) is 6.54 Å². The van der Waals surface area contributed by atoms with Gasteiger partial charge in [-0.15, -0.1) is 0 Å². The van der Waals surface area contributed by atoms with E-state index < -0.39 is 0 Å². The molecule has 1 fully saturated rings. The highest BCUT2D eigenvalue weighted by Gasteiger charge is 2.17. The van der Waals surface area contributed by atoms with Crippen LogP contribution in [-0.4, -0.2) is 34.8 Å². The molecule has 4 aromatic rings. The van der Waals surface area contributed by atoms with Crippen molar-refractivity contribution < 1.29 is 9.90 Å². The summed E-state index contributed by atoms with van der Waals surface area (Å²) in [7, 11) is 0. The lowest BCUT2D eigenvalue weighted by atomic mass is 10.1. The van der Waals surface area contributed by atoms with Crippen molar-refractivity contribution in [2.24, 2.45) is 0 Å². The number of amides is 1. The van der Waals surface area contributed by atoms with Crippen molar-refractivity contribution in [3.05, 3.63) is 96.3 Å². The first kappa shape index (κ1) is 25.4. The Bertz CT molecular complexity index is 1350. The van der Waals surface area contributed by atoms with Gasteiger partial charge in [0, 0.05) is 59.5 Å². The summed E-state index contributed by atoms with van der Waals surface area (Å²) in [6, 6.07) is 28.1. The Hall–Kier alpha value is -4.23. The number of aliphatic hydroxyl groups excluding tert-OH is 1. The molecule has 5 rings (SSSR count). The molecule has 2 heterocycles. The molecule has 196 valence electrons. The van der Waals surface area contributed by atoms with Crippen molar-refractivity contribution >= 4 is 40.0 Å². The molecule has 0 atom stereocenters. The molecule has 1 saturated heterocycles. The van der Waals surface area contributed by atoms with E-state index in [1.54, 1.807) is 0 Å². The van der Waals surface area contributed by atoms with Crippen LogP contribution >= 0.6 is 0 Å². The van der Waals surface area contributed by atoms with Gasteiger partial charge >= 0.3 is 0 Å². The monoisotopic (exact) mass is 509 g/mol. The summed E-state index contributed by atoms with van der Waals surface area (Å²) in [6.07, 6.45) is 1.50. The third-order valence-electron chi connectivity index (χ3n) is 7.05. The average molecular weight is 510 g/mol. The molecule has 7 heteroatoms. The maximum Gasteiger partial charge on any atom is 0.272 e. The van der Waals surface area contributed by atoms with Crippen LogP contribution in [0, 0.1) is 6.92 Å². The molecule has 0 spiro atoms. The van der Waals surface area contributed by atoms with Gasteiger partial charge in [-0.2, -0.15) is 0 Å². The van der Waals surface area contributed by atoms with Crippen LogP contribution in [0.25, 0.3) is 0 Å². The fourth-order valence-electron chi connectivity index (χ4n) is 4.87. The number of nitrogens with one attached hydrogen (secondary N) is 3. The van der Waals surface area contributed by atoms with Crippen LogP contribution in [0.4, 0.5) is 34.1 Å². The second-order valence-corrected chi connectivity index (χ2v) is 9.73. The van der Waals surface area contributed by atoms with Gasteiger partial charge in [-0.1, -0.05) is 0 Å². The SMILES string of the molecule is CCn1c(C)ccc1C(=O)Nc1ccc(Nc2ccc(Nc3ccc(N4CCC(O)CC4)cc3)cc2)cc1. The third-order valence-corrected chi connectivity index (χ3v) is 7.05. The van der Waals surface area contributed by atoms with Crippen molar-refractivity contribution in [3.8, 4) is 0 Å². The van der Waals surface area contributed by atoms with Gasteiger partial charge in [0.15, 0.2) is 0 Å². The van der Waals surface area contributed by atoms with E-state index in [1.165, 1.54) is 5.69 Å². The van der Waals surface area contributed by atoms with E-state index in [2.05, 4.69) is 45.1 Å². The second kappa shape index (κ2) is 11.4. The van der Waals surface area contributed by atoms with E-state index in [0.717, 1.165) is 66.6 Å². The van der Waals surface area contributed by atoms with Crippen LogP contribution in [0.5, 0.6) is 0 Å².